The molecule has 0 fully saturated rings. The number of allylic oxidation sites excluding steroid dienone is 1. The van der Waals surface area contributed by atoms with Crippen LogP contribution in [0.4, 0.5) is 5.69 Å². The van der Waals surface area contributed by atoms with E-state index in [1.165, 1.54) is 0 Å². The molecule has 1 atom stereocenters. The Bertz CT molecular complexity index is 1050. The Kier molecular flexibility index (Phi) is 6.50. The topological polar surface area (TPSA) is 74.9 Å². The monoisotopic (exact) mass is 452 g/mol. The lowest BCUT2D eigenvalue weighted by Gasteiger charge is -2.31. The molecule has 0 spiro atoms. The standard InChI is InChI=1S/C24H28N4O3S/c1-4-28(5-2)18-9-7-17(8-10-18)22-21(15(3)26-24(32)27-22)23(29)25-13-16-6-11-19-20(12-16)31-14-30-19/h6-12,22H,4-5,13-14H2,1-3H3,(H,25,29)(H2,26,27,32). The van der Waals surface area contributed by atoms with Gasteiger partial charge in [0, 0.05) is 31.0 Å². The molecular formula is C24H28N4O3S. The number of thiocarbonyl (C=S) groups is 1. The van der Waals surface area contributed by atoms with E-state index >= 15 is 0 Å². The molecule has 0 aliphatic carbocycles. The number of amides is 1. The van der Waals surface area contributed by atoms with Crippen molar-refractivity contribution in [1.82, 2.24) is 16.0 Å². The lowest BCUT2D eigenvalue weighted by atomic mass is 9.94. The first-order valence-electron chi connectivity index (χ1n) is 10.8. The maximum Gasteiger partial charge on any atom is 0.251 e. The third-order valence-corrected chi connectivity index (χ3v) is 5.98. The lowest BCUT2D eigenvalue weighted by Crippen LogP contribution is -2.46. The first-order chi connectivity index (χ1) is 15.5. The van der Waals surface area contributed by atoms with Crippen molar-refractivity contribution in [2.45, 2.75) is 33.4 Å². The number of carbonyl (C=O) groups excluding carboxylic acids is 1. The molecule has 3 N–H and O–H groups in total. The van der Waals surface area contributed by atoms with Gasteiger partial charge < -0.3 is 30.3 Å². The summed E-state index contributed by atoms with van der Waals surface area (Å²) in [6.07, 6.45) is 0. The number of nitrogens with one attached hydrogen (secondary N) is 3. The third kappa shape index (κ3) is 4.50. The zero-order valence-electron chi connectivity index (χ0n) is 18.5. The normalized spacial score (nSPS) is 17.0. The highest BCUT2D eigenvalue weighted by atomic mass is 32.1. The largest absolute Gasteiger partial charge is 0.454 e. The van der Waals surface area contributed by atoms with Gasteiger partial charge in [0.05, 0.1) is 11.6 Å². The molecule has 2 heterocycles. The molecule has 168 valence electrons. The van der Waals surface area contributed by atoms with Gasteiger partial charge in [-0.15, -0.1) is 0 Å². The first kappa shape index (κ1) is 22.0. The van der Waals surface area contributed by atoms with Gasteiger partial charge in [-0.2, -0.15) is 0 Å². The van der Waals surface area contributed by atoms with Crippen molar-refractivity contribution in [3.63, 3.8) is 0 Å². The predicted molar refractivity (Wildman–Crippen MR) is 129 cm³/mol. The summed E-state index contributed by atoms with van der Waals surface area (Å²) in [5.74, 6) is 1.27. The molecule has 0 radical (unpaired) electrons. The molecule has 4 rings (SSSR count). The molecule has 0 saturated carbocycles. The molecule has 2 aromatic rings. The number of nitrogens with zero attached hydrogens (tertiary/aromatic N) is 1. The Balaban J connectivity index is 1.52. The summed E-state index contributed by atoms with van der Waals surface area (Å²) in [6, 6.07) is 13.6. The minimum Gasteiger partial charge on any atom is -0.454 e. The van der Waals surface area contributed by atoms with Crippen LogP contribution in [0.25, 0.3) is 0 Å². The second kappa shape index (κ2) is 9.48. The van der Waals surface area contributed by atoms with E-state index < -0.39 is 0 Å². The fraction of sp³-hybridized carbons (Fsp3) is 0.333. The van der Waals surface area contributed by atoms with Crippen LogP contribution >= 0.6 is 12.2 Å². The average Bonchev–Trinajstić information content (AvgIpc) is 3.26. The van der Waals surface area contributed by atoms with Crippen LogP contribution in [0.2, 0.25) is 0 Å². The molecule has 2 aliphatic heterocycles. The molecule has 0 aromatic heterocycles. The zero-order valence-corrected chi connectivity index (χ0v) is 19.3. The third-order valence-electron chi connectivity index (χ3n) is 5.76. The van der Waals surface area contributed by atoms with Crippen LogP contribution in [0, 0.1) is 0 Å². The summed E-state index contributed by atoms with van der Waals surface area (Å²) in [6.45, 7) is 8.64. The van der Waals surface area contributed by atoms with Crippen LogP contribution < -0.4 is 30.3 Å². The fourth-order valence-corrected chi connectivity index (χ4v) is 4.31. The second-order valence-electron chi connectivity index (χ2n) is 7.70. The van der Waals surface area contributed by atoms with Crippen LogP contribution in [0.3, 0.4) is 0 Å². The van der Waals surface area contributed by atoms with E-state index in [2.05, 4.69) is 59.0 Å². The smallest absolute Gasteiger partial charge is 0.251 e. The van der Waals surface area contributed by atoms with Crippen LogP contribution in [0.15, 0.2) is 53.7 Å². The first-order valence-corrected chi connectivity index (χ1v) is 11.2. The van der Waals surface area contributed by atoms with Gasteiger partial charge in [-0.1, -0.05) is 18.2 Å². The summed E-state index contributed by atoms with van der Waals surface area (Å²) < 4.78 is 10.8. The quantitative estimate of drug-likeness (QED) is 0.556. The Morgan fingerprint density at radius 3 is 2.56 bits per heavy atom. The number of ether oxygens (including phenoxy) is 2. The van der Waals surface area contributed by atoms with E-state index in [1.807, 2.05) is 25.1 Å². The van der Waals surface area contributed by atoms with E-state index in [4.69, 9.17) is 21.7 Å². The maximum atomic E-state index is 13.2. The Hall–Kier alpha value is -3.26. The van der Waals surface area contributed by atoms with E-state index in [0.29, 0.717) is 23.0 Å². The van der Waals surface area contributed by atoms with Gasteiger partial charge in [0.15, 0.2) is 16.6 Å². The van der Waals surface area contributed by atoms with Crippen molar-refractivity contribution in [1.29, 1.82) is 0 Å². The molecular weight excluding hydrogens is 424 g/mol. The number of anilines is 1. The van der Waals surface area contributed by atoms with Crippen molar-refractivity contribution < 1.29 is 14.3 Å². The van der Waals surface area contributed by atoms with Crippen molar-refractivity contribution >= 4 is 28.9 Å². The number of fused-ring (bicyclic) bond motifs is 1. The van der Waals surface area contributed by atoms with E-state index in [1.54, 1.807) is 0 Å². The molecule has 2 aromatic carbocycles. The van der Waals surface area contributed by atoms with Crippen molar-refractivity contribution in [3.05, 3.63) is 64.9 Å². The van der Waals surface area contributed by atoms with E-state index in [0.717, 1.165) is 41.4 Å². The summed E-state index contributed by atoms with van der Waals surface area (Å²) in [5.41, 5.74) is 4.44. The molecule has 2 aliphatic rings. The second-order valence-corrected chi connectivity index (χ2v) is 8.11. The number of carbonyl (C=O) groups is 1. The molecule has 0 saturated heterocycles. The SMILES string of the molecule is CCN(CC)c1ccc(C2NC(=S)NC(C)=C2C(=O)NCc2ccc3c(c2)OCO3)cc1. The molecule has 1 amide bonds. The van der Waals surface area contributed by atoms with Crippen molar-refractivity contribution in [3.8, 4) is 11.5 Å². The van der Waals surface area contributed by atoms with Gasteiger partial charge in [0.2, 0.25) is 6.79 Å². The highest BCUT2D eigenvalue weighted by Gasteiger charge is 2.30. The van der Waals surface area contributed by atoms with Gasteiger partial charge in [0.25, 0.3) is 5.91 Å². The van der Waals surface area contributed by atoms with Gasteiger partial charge in [-0.25, -0.2) is 0 Å². The minimum absolute atomic E-state index is 0.152. The molecule has 0 bridgehead atoms. The van der Waals surface area contributed by atoms with Gasteiger partial charge in [-0.05, 0) is 68.4 Å². The van der Waals surface area contributed by atoms with Gasteiger partial charge >= 0.3 is 0 Å². The highest BCUT2D eigenvalue weighted by molar-refractivity contribution is 7.80. The van der Waals surface area contributed by atoms with E-state index in [-0.39, 0.29) is 18.7 Å². The summed E-state index contributed by atoms with van der Waals surface area (Å²) >= 11 is 5.37. The molecule has 8 heteroatoms. The summed E-state index contributed by atoms with van der Waals surface area (Å²) in [4.78, 5) is 15.5. The molecule has 1 unspecified atom stereocenters. The van der Waals surface area contributed by atoms with Gasteiger partial charge in [-0.3, -0.25) is 4.79 Å². The number of rotatable bonds is 7. The summed E-state index contributed by atoms with van der Waals surface area (Å²) in [7, 11) is 0. The van der Waals surface area contributed by atoms with E-state index in [9.17, 15) is 4.79 Å². The average molecular weight is 453 g/mol. The van der Waals surface area contributed by atoms with Crippen molar-refractivity contribution in [2.75, 3.05) is 24.8 Å². The van der Waals surface area contributed by atoms with Crippen LogP contribution in [-0.4, -0.2) is 30.9 Å². The fourth-order valence-electron chi connectivity index (χ4n) is 4.04. The maximum absolute atomic E-state index is 13.2. The minimum atomic E-state index is -0.328. The summed E-state index contributed by atoms with van der Waals surface area (Å²) in [5, 5.41) is 9.87. The zero-order chi connectivity index (χ0) is 22.7. The van der Waals surface area contributed by atoms with Crippen molar-refractivity contribution in [2.24, 2.45) is 0 Å². The number of hydrogen-bond donors (Lipinski definition) is 3. The Morgan fingerprint density at radius 1 is 1.12 bits per heavy atom. The van der Waals surface area contributed by atoms with Crippen LogP contribution in [0.5, 0.6) is 11.5 Å². The van der Waals surface area contributed by atoms with Crippen LogP contribution in [-0.2, 0) is 11.3 Å². The highest BCUT2D eigenvalue weighted by Crippen LogP contribution is 2.33. The lowest BCUT2D eigenvalue weighted by molar-refractivity contribution is -0.118. The number of hydrogen-bond acceptors (Lipinski definition) is 5. The molecule has 32 heavy (non-hydrogen) atoms. The molecule has 7 nitrogen and oxygen atoms in total. The van der Waals surface area contributed by atoms with Crippen LogP contribution in [0.1, 0.15) is 37.9 Å². The predicted octanol–water partition coefficient (Wildman–Crippen LogP) is 3.37. The number of benzene rings is 2. The Morgan fingerprint density at radius 2 is 1.84 bits per heavy atom. The van der Waals surface area contributed by atoms with Gasteiger partial charge in [0.1, 0.15) is 0 Å². The Labute approximate surface area is 193 Å².